The van der Waals surface area contributed by atoms with E-state index < -0.39 is 0 Å². The van der Waals surface area contributed by atoms with Gasteiger partial charge in [-0.15, -0.1) is 0 Å². The Bertz CT molecular complexity index is 1060. The van der Waals surface area contributed by atoms with Crippen molar-refractivity contribution in [2.75, 3.05) is 11.9 Å². The fourth-order valence-electron chi connectivity index (χ4n) is 7.56. The summed E-state index contributed by atoms with van der Waals surface area (Å²) in [4.78, 5) is 33.2. The molecule has 1 aliphatic heterocycles. The molecular weight excluding hydrogens is 426 g/mol. The van der Waals surface area contributed by atoms with Crippen LogP contribution in [0.3, 0.4) is 0 Å². The van der Waals surface area contributed by atoms with Gasteiger partial charge in [0.1, 0.15) is 17.5 Å². The number of aryl methyl sites for hydroxylation is 1. The Morgan fingerprint density at radius 3 is 2.47 bits per heavy atom. The molecule has 1 aromatic carbocycles. The first-order valence-corrected chi connectivity index (χ1v) is 12.8. The standard InChI is InChI=1S/C28H33N3O3/c1-18-10-22(6-7-25(18)34-23-4-2-8-29-17-23)30-26(32)24-5-3-9-31(24)27(33)28-14-19-11-20(15-28)13-21(12-19)16-28/h2,4,6-8,10,17,19-21,24H,3,5,9,11-16H2,1H3,(H,30,32). The van der Waals surface area contributed by atoms with Crippen molar-refractivity contribution in [2.45, 2.75) is 64.3 Å². The van der Waals surface area contributed by atoms with Crippen LogP contribution in [0.2, 0.25) is 0 Å². The van der Waals surface area contributed by atoms with Gasteiger partial charge in [-0.05, 0) is 112 Å². The number of hydrogen-bond donors (Lipinski definition) is 1. The average molecular weight is 460 g/mol. The van der Waals surface area contributed by atoms with E-state index in [1.165, 1.54) is 19.3 Å². The van der Waals surface area contributed by atoms with Gasteiger partial charge in [0.2, 0.25) is 11.8 Å². The molecule has 6 heteroatoms. The molecule has 0 spiro atoms. The Morgan fingerprint density at radius 1 is 1.09 bits per heavy atom. The van der Waals surface area contributed by atoms with E-state index in [2.05, 4.69) is 10.3 Å². The quantitative estimate of drug-likeness (QED) is 0.656. The van der Waals surface area contributed by atoms with Gasteiger partial charge in [0.05, 0.1) is 11.6 Å². The molecule has 2 amide bonds. The maximum absolute atomic E-state index is 13.9. The van der Waals surface area contributed by atoms with Crippen LogP contribution in [0.4, 0.5) is 5.69 Å². The van der Waals surface area contributed by atoms with Crippen LogP contribution in [0.5, 0.6) is 11.5 Å². The normalized spacial score (nSPS) is 31.5. The minimum Gasteiger partial charge on any atom is -0.455 e. The zero-order chi connectivity index (χ0) is 23.3. The fraction of sp³-hybridized carbons (Fsp3) is 0.536. The molecule has 1 saturated heterocycles. The molecule has 1 N–H and O–H groups in total. The number of likely N-dealkylation sites (tertiary alicyclic amines) is 1. The van der Waals surface area contributed by atoms with Gasteiger partial charge in [-0.3, -0.25) is 14.6 Å². The molecule has 178 valence electrons. The van der Waals surface area contributed by atoms with Crippen LogP contribution in [-0.2, 0) is 9.59 Å². The summed E-state index contributed by atoms with van der Waals surface area (Å²) in [5, 5.41) is 3.07. The van der Waals surface area contributed by atoms with Gasteiger partial charge in [0.15, 0.2) is 0 Å². The van der Waals surface area contributed by atoms with Crippen molar-refractivity contribution in [2.24, 2.45) is 23.2 Å². The van der Waals surface area contributed by atoms with E-state index >= 15 is 0 Å². The fourth-order valence-corrected chi connectivity index (χ4v) is 7.56. The first kappa shape index (κ1) is 21.6. The summed E-state index contributed by atoms with van der Waals surface area (Å²) in [5.74, 6) is 3.76. The molecule has 4 saturated carbocycles. The average Bonchev–Trinajstić information content (AvgIpc) is 3.30. The van der Waals surface area contributed by atoms with Crippen molar-refractivity contribution < 1.29 is 14.3 Å². The molecular formula is C28H33N3O3. The number of nitrogens with zero attached hydrogens (tertiary/aromatic N) is 2. The van der Waals surface area contributed by atoms with Gasteiger partial charge >= 0.3 is 0 Å². The molecule has 5 aliphatic rings. The number of amides is 2. The van der Waals surface area contributed by atoms with Crippen molar-refractivity contribution in [3.8, 4) is 11.5 Å². The first-order chi connectivity index (χ1) is 16.5. The van der Waals surface area contributed by atoms with Crippen molar-refractivity contribution in [1.29, 1.82) is 0 Å². The molecule has 0 radical (unpaired) electrons. The Kier molecular flexibility index (Phi) is 5.34. The van der Waals surface area contributed by atoms with Gasteiger partial charge in [-0.1, -0.05) is 0 Å². The minimum absolute atomic E-state index is 0.0732. The smallest absolute Gasteiger partial charge is 0.247 e. The number of nitrogens with one attached hydrogen (secondary N) is 1. The predicted molar refractivity (Wildman–Crippen MR) is 129 cm³/mol. The van der Waals surface area contributed by atoms with Crippen LogP contribution in [0.15, 0.2) is 42.7 Å². The second-order valence-electron chi connectivity index (χ2n) is 11.1. The second kappa shape index (κ2) is 8.40. The molecule has 1 aromatic heterocycles. The monoisotopic (exact) mass is 459 g/mol. The topological polar surface area (TPSA) is 71.5 Å². The number of benzene rings is 1. The summed E-state index contributed by atoms with van der Waals surface area (Å²) in [7, 11) is 0. The molecule has 1 atom stereocenters. The van der Waals surface area contributed by atoms with Crippen molar-refractivity contribution in [3.63, 3.8) is 0 Å². The molecule has 6 nitrogen and oxygen atoms in total. The number of pyridine rings is 1. The number of ether oxygens (including phenoxy) is 1. The molecule has 4 bridgehead atoms. The Hall–Kier alpha value is -2.89. The van der Waals surface area contributed by atoms with E-state index in [9.17, 15) is 9.59 Å². The third kappa shape index (κ3) is 3.87. The summed E-state index contributed by atoms with van der Waals surface area (Å²) >= 11 is 0. The third-order valence-corrected chi connectivity index (χ3v) is 8.61. The molecule has 2 aromatic rings. The largest absolute Gasteiger partial charge is 0.455 e. The van der Waals surface area contributed by atoms with Crippen molar-refractivity contribution >= 4 is 17.5 Å². The molecule has 34 heavy (non-hydrogen) atoms. The lowest BCUT2D eigenvalue weighted by molar-refractivity contribution is -0.160. The van der Waals surface area contributed by atoms with E-state index in [0.717, 1.165) is 66.9 Å². The van der Waals surface area contributed by atoms with Crippen LogP contribution in [-0.4, -0.2) is 34.3 Å². The maximum Gasteiger partial charge on any atom is 0.247 e. The van der Waals surface area contributed by atoms with E-state index in [0.29, 0.717) is 12.3 Å². The van der Waals surface area contributed by atoms with Gasteiger partial charge in [0.25, 0.3) is 0 Å². The Balaban J connectivity index is 1.14. The lowest BCUT2D eigenvalue weighted by atomic mass is 9.49. The van der Waals surface area contributed by atoms with Gasteiger partial charge in [-0.2, -0.15) is 0 Å². The summed E-state index contributed by atoms with van der Waals surface area (Å²) in [6, 6.07) is 8.97. The number of rotatable bonds is 5. The van der Waals surface area contributed by atoms with E-state index in [4.69, 9.17) is 4.74 Å². The number of anilines is 1. The lowest BCUT2D eigenvalue weighted by Crippen LogP contribution is -2.56. The molecule has 2 heterocycles. The highest BCUT2D eigenvalue weighted by Crippen LogP contribution is 2.60. The minimum atomic E-state index is -0.368. The number of hydrogen-bond acceptors (Lipinski definition) is 4. The summed E-state index contributed by atoms with van der Waals surface area (Å²) < 4.78 is 5.91. The molecule has 4 aliphatic carbocycles. The molecule has 1 unspecified atom stereocenters. The second-order valence-corrected chi connectivity index (χ2v) is 11.1. The van der Waals surface area contributed by atoms with Crippen LogP contribution >= 0.6 is 0 Å². The Morgan fingerprint density at radius 2 is 1.82 bits per heavy atom. The van der Waals surface area contributed by atoms with Gasteiger partial charge in [0, 0.05) is 18.4 Å². The predicted octanol–water partition coefficient (Wildman–Crippen LogP) is 5.33. The van der Waals surface area contributed by atoms with Crippen molar-refractivity contribution in [3.05, 3.63) is 48.3 Å². The SMILES string of the molecule is Cc1cc(NC(=O)C2CCCN2C(=O)C23CC4CC(CC(C4)C2)C3)ccc1Oc1cccnc1. The molecule has 5 fully saturated rings. The van der Waals surface area contributed by atoms with Crippen LogP contribution in [0.1, 0.15) is 56.9 Å². The third-order valence-electron chi connectivity index (χ3n) is 8.61. The van der Waals surface area contributed by atoms with Crippen LogP contribution in [0, 0.1) is 30.1 Å². The van der Waals surface area contributed by atoms with E-state index in [1.54, 1.807) is 12.4 Å². The van der Waals surface area contributed by atoms with Crippen molar-refractivity contribution in [1.82, 2.24) is 9.88 Å². The number of aromatic nitrogens is 1. The van der Waals surface area contributed by atoms with Gasteiger partial charge in [-0.25, -0.2) is 0 Å². The lowest BCUT2D eigenvalue weighted by Gasteiger charge is -2.56. The van der Waals surface area contributed by atoms with Gasteiger partial charge < -0.3 is 15.0 Å². The first-order valence-electron chi connectivity index (χ1n) is 12.8. The van der Waals surface area contributed by atoms with E-state index in [1.807, 2.05) is 42.2 Å². The highest BCUT2D eigenvalue weighted by atomic mass is 16.5. The van der Waals surface area contributed by atoms with E-state index in [-0.39, 0.29) is 23.3 Å². The summed E-state index contributed by atoms with van der Waals surface area (Å²) in [6.07, 6.45) is 12.1. The zero-order valence-corrected chi connectivity index (χ0v) is 19.8. The number of carbonyl (C=O) groups excluding carboxylic acids is 2. The number of carbonyl (C=O) groups is 2. The zero-order valence-electron chi connectivity index (χ0n) is 19.8. The van der Waals surface area contributed by atoms with Crippen LogP contribution < -0.4 is 10.1 Å². The van der Waals surface area contributed by atoms with Crippen LogP contribution in [0.25, 0.3) is 0 Å². The maximum atomic E-state index is 13.9. The highest BCUT2D eigenvalue weighted by molar-refractivity contribution is 5.98. The Labute approximate surface area is 201 Å². The molecule has 7 rings (SSSR count). The summed E-state index contributed by atoms with van der Waals surface area (Å²) in [6.45, 7) is 2.66. The summed E-state index contributed by atoms with van der Waals surface area (Å²) in [5.41, 5.74) is 1.46. The highest BCUT2D eigenvalue weighted by Gasteiger charge is 2.56.